The highest BCUT2D eigenvalue weighted by Gasteiger charge is 2.26. The van der Waals surface area contributed by atoms with E-state index in [1.165, 1.54) is 6.07 Å². The third-order valence-electron chi connectivity index (χ3n) is 6.06. The minimum atomic E-state index is -0.475. The van der Waals surface area contributed by atoms with Crippen LogP contribution in [0.2, 0.25) is 0 Å². The van der Waals surface area contributed by atoms with Crippen molar-refractivity contribution in [3.8, 4) is 0 Å². The summed E-state index contributed by atoms with van der Waals surface area (Å²) in [5.74, 6) is -0.560. The van der Waals surface area contributed by atoms with Gasteiger partial charge in [-0.15, -0.1) is 0 Å². The maximum absolute atomic E-state index is 14.8. The van der Waals surface area contributed by atoms with E-state index in [0.29, 0.717) is 19.0 Å². The van der Waals surface area contributed by atoms with Gasteiger partial charge in [-0.1, -0.05) is 12.1 Å². The number of hydrogen-bond donors (Lipinski definition) is 1. The SMILES string of the molecule is Fc1cc(N2CCC(c3ccc(C4CCCNC4)cc3F)CC2)c(F)cc1Br. The molecule has 1 unspecified atom stereocenters. The maximum atomic E-state index is 14.8. The van der Waals surface area contributed by atoms with Crippen LogP contribution >= 0.6 is 15.9 Å². The van der Waals surface area contributed by atoms with Gasteiger partial charge in [-0.2, -0.15) is 0 Å². The Morgan fingerprint density at radius 1 is 0.893 bits per heavy atom. The van der Waals surface area contributed by atoms with Crippen LogP contribution in [0, 0.1) is 17.5 Å². The van der Waals surface area contributed by atoms with Crippen LogP contribution in [0.3, 0.4) is 0 Å². The fraction of sp³-hybridized carbons (Fsp3) is 0.455. The maximum Gasteiger partial charge on any atom is 0.147 e. The molecule has 2 aromatic carbocycles. The van der Waals surface area contributed by atoms with E-state index in [-0.39, 0.29) is 21.9 Å². The molecule has 28 heavy (non-hydrogen) atoms. The highest BCUT2D eigenvalue weighted by atomic mass is 79.9. The van der Waals surface area contributed by atoms with Crippen LogP contribution in [0.15, 0.2) is 34.8 Å². The molecule has 2 aliphatic heterocycles. The monoisotopic (exact) mass is 452 g/mol. The van der Waals surface area contributed by atoms with Crippen LogP contribution in [-0.4, -0.2) is 26.2 Å². The van der Waals surface area contributed by atoms with E-state index in [9.17, 15) is 13.2 Å². The van der Waals surface area contributed by atoms with E-state index in [1.54, 1.807) is 6.07 Å². The minimum Gasteiger partial charge on any atom is -0.369 e. The topological polar surface area (TPSA) is 15.3 Å². The Morgan fingerprint density at radius 3 is 2.36 bits per heavy atom. The molecule has 2 heterocycles. The molecule has 1 atom stereocenters. The first-order chi connectivity index (χ1) is 13.5. The Labute approximate surface area is 172 Å². The fourth-order valence-corrected chi connectivity index (χ4v) is 4.77. The van der Waals surface area contributed by atoms with Crippen molar-refractivity contribution in [2.24, 2.45) is 0 Å². The molecule has 0 aromatic heterocycles. The Hall–Kier alpha value is -1.53. The number of piperidine rings is 2. The van der Waals surface area contributed by atoms with Crippen LogP contribution in [0.1, 0.15) is 48.6 Å². The fourth-order valence-electron chi connectivity index (χ4n) is 4.45. The first-order valence-electron chi connectivity index (χ1n) is 9.92. The van der Waals surface area contributed by atoms with Gasteiger partial charge in [0, 0.05) is 25.7 Å². The normalized spacial score (nSPS) is 21.1. The standard InChI is InChI=1S/C22H24BrF3N2/c23-18-11-21(26)22(12-20(18)25)28-8-5-14(6-9-28)17-4-3-15(10-19(17)24)16-2-1-7-27-13-16/h3-4,10-12,14,16,27H,1-2,5-9,13H2. The van der Waals surface area contributed by atoms with Crippen molar-refractivity contribution in [2.75, 3.05) is 31.1 Å². The van der Waals surface area contributed by atoms with Crippen LogP contribution < -0.4 is 10.2 Å². The Morgan fingerprint density at radius 2 is 1.68 bits per heavy atom. The van der Waals surface area contributed by atoms with Crippen molar-refractivity contribution >= 4 is 21.6 Å². The van der Waals surface area contributed by atoms with Gasteiger partial charge >= 0.3 is 0 Å². The van der Waals surface area contributed by atoms with Gasteiger partial charge in [0.2, 0.25) is 0 Å². The quantitative estimate of drug-likeness (QED) is 0.599. The molecule has 6 heteroatoms. The van der Waals surface area contributed by atoms with Crippen molar-refractivity contribution in [1.29, 1.82) is 0 Å². The number of nitrogens with one attached hydrogen (secondary N) is 1. The summed E-state index contributed by atoms with van der Waals surface area (Å²) >= 11 is 3.01. The number of benzene rings is 2. The van der Waals surface area contributed by atoms with Crippen LogP contribution in [0.4, 0.5) is 18.9 Å². The molecular formula is C22H24BrF3N2. The number of nitrogens with zero attached hydrogens (tertiary/aromatic N) is 1. The van der Waals surface area contributed by atoms with Gasteiger partial charge in [0.05, 0.1) is 10.2 Å². The van der Waals surface area contributed by atoms with E-state index in [1.807, 2.05) is 11.0 Å². The van der Waals surface area contributed by atoms with Crippen molar-refractivity contribution in [2.45, 2.75) is 37.5 Å². The second-order valence-corrected chi connectivity index (χ2v) is 8.66. The Balaban J connectivity index is 1.44. The van der Waals surface area contributed by atoms with Crippen LogP contribution in [-0.2, 0) is 0 Å². The lowest BCUT2D eigenvalue weighted by atomic mass is 9.85. The molecule has 2 fully saturated rings. The van der Waals surface area contributed by atoms with Gasteiger partial charge in [-0.3, -0.25) is 0 Å². The molecule has 2 aromatic rings. The average molecular weight is 453 g/mol. The predicted molar refractivity (Wildman–Crippen MR) is 109 cm³/mol. The number of halogens is 4. The molecule has 0 amide bonds. The molecule has 0 radical (unpaired) electrons. The zero-order valence-electron chi connectivity index (χ0n) is 15.7. The van der Waals surface area contributed by atoms with Gasteiger partial charge < -0.3 is 10.2 Å². The first-order valence-corrected chi connectivity index (χ1v) is 10.7. The lowest BCUT2D eigenvalue weighted by molar-refractivity contribution is 0.455. The number of hydrogen-bond acceptors (Lipinski definition) is 2. The molecule has 1 N–H and O–H groups in total. The molecule has 2 nitrogen and oxygen atoms in total. The predicted octanol–water partition coefficient (Wildman–Crippen LogP) is 5.72. The second kappa shape index (κ2) is 8.46. The smallest absolute Gasteiger partial charge is 0.147 e. The van der Waals surface area contributed by atoms with E-state index in [2.05, 4.69) is 27.3 Å². The van der Waals surface area contributed by atoms with Gasteiger partial charge in [0.1, 0.15) is 17.5 Å². The molecular weight excluding hydrogens is 429 g/mol. The molecule has 2 saturated heterocycles. The van der Waals surface area contributed by atoms with Gasteiger partial charge in [-0.05, 0) is 83.3 Å². The molecule has 0 spiro atoms. The molecule has 0 bridgehead atoms. The molecule has 0 aliphatic carbocycles. The summed E-state index contributed by atoms with van der Waals surface area (Å²) in [5, 5.41) is 3.37. The summed E-state index contributed by atoms with van der Waals surface area (Å²) < 4.78 is 43.0. The van der Waals surface area contributed by atoms with Gasteiger partial charge in [-0.25, -0.2) is 13.2 Å². The number of anilines is 1. The van der Waals surface area contributed by atoms with Crippen LogP contribution in [0.5, 0.6) is 0 Å². The highest BCUT2D eigenvalue weighted by molar-refractivity contribution is 9.10. The lowest BCUT2D eigenvalue weighted by Crippen LogP contribution is -2.34. The highest BCUT2D eigenvalue weighted by Crippen LogP contribution is 2.35. The Bertz CT molecular complexity index is 844. The van der Waals surface area contributed by atoms with E-state index in [0.717, 1.165) is 56.0 Å². The largest absolute Gasteiger partial charge is 0.369 e. The van der Waals surface area contributed by atoms with E-state index < -0.39 is 11.6 Å². The number of rotatable bonds is 3. The van der Waals surface area contributed by atoms with Crippen molar-refractivity contribution in [3.63, 3.8) is 0 Å². The summed E-state index contributed by atoms with van der Waals surface area (Å²) in [4.78, 5) is 1.85. The van der Waals surface area contributed by atoms with E-state index in [4.69, 9.17) is 0 Å². The lowest BCUT2D eigenvalue weighted by Gasteiger charge is -2.34. The average Bonchev–Trinajstić information content (AvgIpc) is 2.71. The summed E-state index contributed by atoms with van der Waals surface area (Å²) in [6.07, 6.45) is 3.66. The molecule has 0 saturated carbocycles. The zero-order valence-corrected chi connectivity index (χ0v) is 17.2. The zero-order chi connectivity index (χ0) is 19.7. The van der Waals surface area contributed by atoms with Gasteiger partial charge in [0.25, 0.3) is 0 Å². The molecule has 2 aliphatic rings. The first kappa shape index (κ1) is 19.8. The molecule has 4 rings (SSSR count). The third kappa shape index (κ3) is 4.08. The van der Waals surface area contributed by atoms with Crippen molar-refractivity contribution in [1.82, 2.24) is 5.32 Å². The molecule has 150 valence electrons. The van der Waals surface area contributed by atoms with Crippen LogP contribution in [0.25, 0.3) is 0 Å². The van der Waals surface area contributed by atoms with Gasteiger partial charge in [0.15, 0.2) is 0 Å². The summed E-state index contributed by atoms with van der Waals surface area (Å²) in [6, 6.07) is 8.08. The second-order valence-electron chi connectivity index (χ2n) is 7.80. The minimum absolute atomic E-state index is 0.109. The van der Waals surface area contributed by atoms with Crippen molar-refractivity contribution in [3.05, 3.63) is 63.4 Å². The summed E-state index contributed by atoms with van der Waals surface area (Å²) in [6.45, 7) is 3.11. The third-order valence-corrected chi connectivity index (χ3v) is 6.67. The Kier molecular flexibility index (Phi) is 5.97. The summed E-state index contributed by atoms with van der Waals surface area (Å²) in [7, 11) is 0. The van der Waals surface area contributed by atoms with E-state index >= 15 is 0 Å². The van der Waals surface area contributed by atoms with Crippen molar-refractivity contribution < 1.29 is 13.2 Å². The summed E-state index contributed by atoms with van der Waals surface area (Å²) in [5.41, 5.74) is 2.09.